The van der Waals surface area contributed by atoms with Crippen molar-refractivity contribution in [2.45, 2.75) is 25.4 Å². The lowest BCUT2D eigenvalue weighted by atomic mass is 10.0. The Hall–Kier alpha value is -3.81. The van der Waals surface area contributed by atoms with Gasteiger partial charge in [0.2, 0.25) is 5.91 Å². The van der Waals surface area contributed by atoms with Gasteiger partial charge in [0.1, 0.15) is 6.04 Å². The van der Waals surface area contributed by atoms with Crippen molar-refractivity contribution < 1.29 is 23.9 Å². The minimum Gasteiger partial charge on any atom is -0.479 e. The zero-order chi connectivity index (χ0) is 22.5. The average Bonchev–Trinajstić information content (AvgIpc) is 2.79. The van der Waals surface area contributed by atoms with Crippen LogP contribution >= 0.6 is 0 Å². The Kier molecular flexibility index (Phi) is 6.59. The van der Waals surface area contributed by atoms with Gasteiger partial charge >= 0.3 is 5.97 Å². The molecule has 8 heteroatoms. The molecule has 0 saturated carbocycles. The van der Waals surface area contributed by atoms with Gasteiger partial charge in [-0.1, -0.05) is 49.4 Å². The molecule has 0 spiro atoms. The molecule has 2 N–H and O–H groups in total. The quantitative estimate of drug-likeness (QED) is 0.541. The molecular formula is C23H21FN2O5. The van der Waals surface area contributed by atoms with Crippen LogP contribution in [0.5, 0.6) is 0 Å². The van der Waals surface area contributed by atoms with E-state index in [0.29, 0.717) is 10.8 Å². The number of amides is 1. The standard InChI is InChI=1S/C23H21FN2O5/c1-2-18(21(28)25-20(23(30)31)19(27)13-24)26-11-10-15-8-9-16(12-17(15)22(26)29)14-6-4-3-5-7-14/h3-12,18,20H,2,13H2,1H3,(H,25,28)(H,30,31)/t18-,20?/m0/s1. The molecule has 1 aromatic heterocycles. The Balaban J connectivity index is 2.00. The highest BCUT2D eigenvalue weighted by atomic mass is 19.1. The number of ketones is 1. The van der Waals surface area contributed by atoms with E-state index >= 15 is 0 Å². The van der Waals surface area contributed by atoms with Gasteiger partial charge in [-0.2, -0.15) is 0 Å². The van der Waals surface area contributed by atoms with Gasteiger partial charge in [-0.15, -0.1) is 0 Å². The summed E-state index contributed by atoms with van der Waals surface area (Å²) < 4.78 is 13.9. The summed E-state index contributed by atoms with van der Waals surface area (Å²) in [6.45, 7) is 0.125. The Bertz CT molecular complexity index is 1190. The predicted octanol–water partition coefficient (Wildman–Crippen LogP) is 2.73. The van der Waals surface area contributed by atoms with Crippen molar-refractivity contribution in [2.75, 3.05) is 6.67 Å². The molecule has 1 amide bonds. The molecule has 31 heavy (non-hydrogen) atoms. The van der Waals surface area contributed by atoms with E-state index in [1.54, 1.807) is 19.1 Å². The third kappa shape index (κ3) is 4.53. The number of benzene rings is 2. The Morgan fingerprint density at radius 2 is 1.77 bits per heavy atom. The average molecular weight is 424 g/mol. The molecule has 2 aromatic carbocycles. The fourth-order valence-electron chi connectivity index (χ4n) is 3.41. The van der Waals surface area contributed by atoms with Gasteiger partial charge in [-0.3, -0.25) is 14.4 Å². The normalized spacial score (nSPS) is 12.8. The number of carbonyl (C=O) groups is 3. The molecule has 0 aliphatic heterocycles. The number of hydrogen-bond acceptors (Lipinski definition) is 4. The van der Waals surface area contributed by atoms with Crippen molar-refractivity contribution >= 4 is 28.4 Å². The summed E-state index contributed by atoms with van der Waals surface area (Å²) in [5.74, 6) is -3.78. The van der Waals surface area contributed by atoms with Crippen LogP contribution < -0.4 is 10.9 Å². The van der Waals surface area contributed by atoms with Gasteiger partial charge in [0.25, 0.3) is 5.56 Å². The fourth-order valence-corrected chi connectivity index (χ4v) is 3.41. The third-order valence-electron chi connectivity index (χ3n) is 5.05. The van der Waals surface area contributed by atoms with Crippen LogP contribution in [0.15, 0.2) is 65.6 Å². The van der Waals surface area contributed by atoms with Gasteiger partial charge in [-0.05, 0) is 35.1 Å². The molecule has 1 heterocycles. The van der Waals surface area contributed by atoms with E-state index in [4.69, 9.17) is 5.11 Å². The molecule has 160 valence electrons. The number of hydrogen-bond donors (Lipinski definition) is 2. The topological polar surface area (TPSA) is 105 Å². The second-order valence-corrected chi connectivity index (χ2v) is 7.00. The van der Waals surface area contributed by atoms with Crippen molar-refractivity contribution in [3.05, 3.63) is 71.1 Å². The van der Waals surface area contributed by atoms with E-state index in [1.807, 2.05) is 47.8 Å². The lowest BCUT2D eigenvalue weighted by Gasteiger charge is -2.20. The molecular weight excluding hydrogens is 403 g/mol. The summed E-state index contributed by atoms with van der Waals surface area (Å²) >= 11 is 0. The number of halogens is 1. The van der Waals surface area contributed by atoms with Crippen LogP contribution in [0.1, 0.15) is 19.4 Å². The third-order valence-corrected chi connectivity index (χ3v) is 5.05. The first-order valence-corrected chi connectivity index (χ1v) is 9.69. The smallest absolute Gasteiger partial charge is 0.334 e. The molecule has 0 fully saturated rings. The highest BCUT2D eigenvalue weighted by Crippen LogP contribution is 2.23. The Labute approximate surface area is 177 Å². The zero-order valence-corrected chi connectivity index (χ0v) is 16.7. The summed E-state index contributed by atoms with van der Waals surface area (Å²) in [5.41, 5.74) is 1.33. The number of aromatic nitrogens is 1. The number of pyridine rings is 1. The molecule has 0 aliphatic rings. The molecule has 1 unspecified atom stereocenters. The summed E-state index contributed by atoms with van der Waals surface area (Å²) in [6.07, 6.45) is 1.61. The largest absolute Gasteiger partial charge is 0.479 e. The van der Waals surface area contributed by atoms with E-state index < -0.39 is 42.0 Å². The monoisotopic (exact) mass is 424 g/mol. The van der Waals surface area contributed by atoms with E-state index in [1.165, 1.54) is 10.8 Å². The molecule has 3 rings (SSSR count). The van der Waals surface area contributed by atoms with Crippen LogP contribution in [-0.4, -0.2) is 40.0 Å². The number of fused-ring (bicyclic) bond motifs is 1. The highest BCUT2D eigenvalue weighted by Gasteiger charge is 2.31. The maximum atomic E-state index is 13.2. The second kappa shape index (κ2) is 9.34. The van der Waals surface area contributed by atoms with Gasteiger partial charge in [-0.25, -0.2) is 9.18 Å². The number of alkyl halides is 1. The summed E-state index contributed by atoms with van der Waals surface area (Å²) in [5, 5.41) is 12.2. The van der Waals surface area contributed by atoms with Crippen LogP contribution in [0.2, 0.25) is 0 Å². The molecule has 7 nitrogen and oxygen atoms in total. The maximum Gasteiger partial charge on any atom is 0.334 e. The van der Waals surface area contributed by atoms with Crippen LogP contribution in [0.25, 0.3) is 21.9 Å². The molecule has 0 saturated heterocycles. The van der Waals surface area contributed by atoms with Crippen molar-refractivity contribution in [2.24, 2.45) is 0 Å². The number of carbonyl (C=O) groups excluding carboxylic acids is 2. The number of rotatable bonds is 8. The van der Waals surface area contributed by atoms with E-state index in [-0.39, 0.29) is 6.42 Å². The minimum absolute atomic E-state index is 0.159. The molecule has 0 radical (unpaired) electrons. The summed E-state index contributed by atoms with van der Waals surface area (Å²) in [7, 11) is 0. The zero-order valence-electron chi connectivity index (χ0n) is 16.7. The minimum atomic E-state index is -2.01. The summed E-state index contributed by atoms with van der Waals surface area (Å²) in [4.78, 5) is 48.6. The SMILES string of the molecule is CC[C@@H](C(=O)NC(C(=O)O)C(=O)CF)n1ccc2ccc(-c3ccccc3)cc2c1=O. The molecule has 0 aliphatic carbocycles. The number of nitrogens with zero attached hydrogens (tertiary/aromatic N) is 1. The number of aliphatic carboxylic acids is 1. The lowest BCUT2D eigenvalue weighted by Crippen LogP contribution is -2.50. The number of carboxylic acids is 1. The van der Waals surface area contributed by atoms with Crippen molar-refractivity contribution in [3.63, 3.8) is 0 Å². The predicted molar refractivity (Wildman–Crippen MR) is 114 cm³/mol. The first kappa shape index (κ1) is 21.9. The van der Waals surface area contributed by atoms with Gasteiger partial charge in [0.05, 0.1) is 0 Å². The van der Waals surface area contributed by atoms with E-state index in [0.717, 1.165) is 11.1 Å². The first-order valence-electron chi connectivity index (χ1n) is 9.69. The second-order valence-electron chi connectivity index (χ2n) is 7.00. The maximum absolute atomic E-state index is 13.2. The lowest BCUT2D eigenvalue weighted by molar-refractivity contribution is -0.146. The molecule has 0 bridgehead atoms. The van der Waals surface area contributed by atoms with Gasteiger partial charge < -0.3 is 15.0 Å². The van der Waals surface area contributed by atoms with Crippen molar-refractivity contribution in [3.8, 4) is 11.1 Å². The van der Waals surface area contributed by atoms with Crippen LogP contribution in [0, 0.1) is 0 Å². The van der Waals surface area contributed by atoms with Gasteiger partial charge in [0, 0.05) is 11.6 Å². The van der Waals surface area contributed by atoms with E-state index in [9.17, 15) is 23.6 Å². The molecule has 2 atom stereocenters. The Morgan fingerprint density at radius 3 is 2.39 bits per heavy atom. The van der Waals surface area contributed by atoms with Gasteiger partial charge in [0.15, 0.2) is 18.5 Å². The first-order chi connectivity index (χ1) is 14.9. The summed E-state index contributed by atoms with van der Waals surface area (Å²) in [6, 6.07) is 13.5. The van der Waals surface area contributed by atoms with Crippen LogP contribution in [-0.2, 0) is 14.4 Å². The van der Waals surface area contributed by atoms with Crippen molar-refractivity contribution in [1.29, 1.82) is 0 Å². The fraction of sp³-hybridized carbons (Fsp3) is 0.217. The van der Waals surface area contributed by atoms with Crippen molar-refractivity contribution in [1.82, 2.24) is 9.88 Å². The molecule has 3 aromatic rings. The van der Waals surface area contributed by atoms with Crippen LogP contribution in [0.3, 0.4) is 0 Å². The number of Topliss-reactive ketones (excluding diaryl/α,β-unsaturated/α-hetero) is 1. The van der Waals surface area contributed by atoms with Crippen LogP contribution in [0.4, 0.5) is 4.39 Å². The number of carboxylic acid groups (broad SMARTS) is 1. The number of nitrogens with one attached hydrogen (secondary N) is 1. The highest BCUT2D eigenvalue weighted by molar-refractivity contribution is 6.06. The van der Waals surface area contributed by atoms with E-state index in [2.05, 4.69) is 0 Å². The Morgan fingerprint density at radius 1 is 1.06 bits per heavy atom.